The van der Waals surface area contributed by atoms with Crippen LogP contribution in [0.4, 0.5) is 11.4 Å². The molecule has 2 N–H and O–H groups in total. The molecule has 0 atom stereocenters. The lowest BCUT2D eigenvalue weighted by atomic mass is 10.2. The molecule has 0 aliphatic heterocycles. The van der Waals surface area contributed by atoms with E-state index in [4.69, 9.17) is 11.3 Å². The Bertz CT molecular complexity index is 522. The van der Waals surface area contributed by atoms with Crippen molar-refractivity contribution in [1.29, 1.82) is 0 Å². The SMILES string of the molecule is [N-]=[N+]=NCC#Cc1ccc(N)c([N+](=O)[O-])c1. The molecule has 1 aromatic rings. The summed E-state index contributed by atoms with van der Waals surface area (Å²) in [6, 6.07) is 4.25. The van der Waals surface area contributed by atoms with Crippen molar-refractivity contribution in [3.63, 3.8) is 0 Å². The number of hydrogen-bond acceptors (Lipinski definition) is 4. The van der Waals surface area contributed by atoms with E-state index in [1.165, 1.54) is 12.1 Å². The van der Waals surface area contributed by atoms with Crippen LogP contribution in [0, 0.1) is 22.0 Å². The second-order valence-corrected chi connectivity index (χ2v) is 2.72. The van der Waals surface area contributed by atoms with Crippen LogP contribution in [0.25, 0.3) is 10.4 Å². The number of anilines is 1. The lowest BCUT2D eigenvalue weighted by molar-refractivity contribution is -0.383. The summed E-state index contributed by atoms with van der Waals surface area (Å²) in [5, 5.41) is 13.8. The highest BCUT2D eigenvalue weighted by Crippen LogP contribution is 2.21. The van der Waals surface area contributed by atoms with Gasteiger partial charge in [-0.2, -0.15) is 0 Å². The van der Waals surface area contributed by atoms with Gasteiger partial charge in [-0.3, -0.25) is 10.1 Å². The molecule has 0 saturated carbocycles. The van der Waals surface area contributed by atoms with Gasteiger partial charge in [0.15, 0.2) is 0 Å². The lowest BCUT2D eigenvalue weighted by Crippen LogP contribution is -1.95. The largest absolute Gasteiger partial charge is 0.393 e. The van der Waals surface area contributed by atoms with Crippen LogP contribution in [-0.2, 0) is 0 Å². The van der Waals surface area contributed by atoms with Crippen LogP contribution in [-0.4, -0.2) is 11.5 Å². The van der Waals surface area contributed by atoms with Crippen molar-refractivity contribution < 1.29 is 4.92 Å². The maximum atomic E-state index is 10.6. The molecule has 0 aromatic heterocycles. The summed E-state index contributed by atoms with van der Waals surface area (Å²) >= 11 is 0. The maximum Gasteiger partial charge on any atom is 0.293 e. The van der Waals surface area contributed by atoms with Gasteiger partial charge in [-0.1, -0.05) is 17.0 Å². The molecule has 0 unspecified atom stereocenters. The number of benzene rings is 1. The van der Waals surface area contributed by atoms with Crippen molar-refractivity contribution in [1.82, 2.24) is 0 Å². The molecule has 0 aliphatic rings. The number of azide groups is 1. The minimum atomic E-state index is -0.575. The first kappa shape index (κ1) is 11.4. The van der Waals surface area contributed by atoms with Crippen LogP contribution >= 0.6 is 0 Å². The average Bonchev–Trinajstić information content (AvgIpc) is 2.26. The zero-order valence-electron chi connectivity index (χ0n) is 8.12. The van der Waals surface area contributed by atoms with E-state index in [-0.39, 0.29) is 17.9 Å². The summed E-state index contributed by atoms with van der Waals surface area (Å²) in [4.78, 5) is 12.5. The number of nitrogens with two attached hydrogens (primary N) is 1. The van der Waals surface area contributed by atoms with Gasteiger partial charge in [0.25, 0.3) is 5.69 Å². The summed E-state index contributed by atoms with van der Waals surface area (Å²) < 4.78 is 0. The third-order valence-electron chi connectivity index (χ3n) is 1.67. The zero-order valence-corrected chi connectivity index (χ0v) is 8.12. The Morgan fingerprint density at radius 3 is 3.00 bits per heavy atom. The number of nitrogens with zero attached hydrogens (tertiary/aromatic N) is 4. The van der Waals surface area contributed by atoms with E-state index in [0.29, 0.717) is 5.56 Å². The normalized spacial score (nSPS) is 8.50. The summed E-state index contributed by atoms with van der Waals surface area (Å²) in [6.45, 7) is 0.0225. The number of rotatable bonds is 2. The zero-order chi connectivity index (χ0) is 12.0. The molecule has 7 nitrogen and oxygen atoms in total. The van der Waals surface area contributed by atoms with Crippen molar-refractivity contribution in [3.8, 4) is 11.8 Å². The van der Waals surface area contributed by atoms with Crippen LogP contribution in [0.3, 0.4) is 0 Å². The summed E-state index contributed by atoms with van der Waals surface area (Å²) in [6.07, 6.45) is 0. The molecule has 16 heavy (non-hydrogen) atoms. The molecule has 80 valence electrons. The van der Waals surface area contributed by atoms with Gasteiger partial charge >= 0.3 is 0 Å². The van der Waals surface area contributed by atoms with E-state index in [0.717, 1.165) is 0 Å². The Balaban J connectivity index is 2.97. The highest BCUT2D eigenvalue weighted by atomic mass is 16.6. The third-order valence-corrected chi connectivity index (χ3v) is 1.67. The van der Waals surface area contributed by atoms with Gasteiger partial charge in [-0.15, -0.1) is 0 Å². The molecule has 0 bridgehead atoms. The van der Waals surface area contributed by atoms with Gasteiger partial charge in [-0.05, 0) is 17.7 Å². The topological polar surface area (TPSA) is 118 Å². The van der Waals surface area contributed by atoms with Gasteiger partial charge in [0.05, 0.1) is 11.5 Å². The Hall–Kier alpha value is -2.71. The Labute approximate surface area is 90.7 Å². The van der Waals surface area contributed by atoms with Crippen molar-refractivity contribution in [2.45, 2.75) is 0 Å². The number of nitro groups is 1. The standard InChI is InChI=1S/C9H7N5O2/c10-8-4-3-7(2-1-5-12-13-11)6-9(8)14(15)16/h3-4,6H,5,10H2. The van der Waals surface area contributed by atoms with Gasteiger partial charge in [0.2, 0.25) is 0 Å². The van der Waals surface area contributed by atoms with E-state index in [2.05, 4.69) is 21.9 Å². The van der Waals surface area contributed by atoms with Gasteiger partial charge < -0.3 is 5.73 Å². The predicted molar refractivity (Wildman–Crippen MR) is 58.4 cm³/mol. The fourth-order valence-corrected chi connectivity index (χ4v) is 0.988. The van der Waals surface area contributed by atoms with E-state index in [1.54, 1.807) is 6.07 Å². The highest BCUT2D eigenvalue weighted by molar-refractivity contribution is 5.61. The second-order valence-electron chi connectivity index (χ2n) is 2.72. The third kappa shape index (κ3) is 2.90. The monoisotopic (exact) mass is 217 g/mol. The van der Waals surface area contributed by atoms with E-state index < -0.39 is 4.92 Å². The maximum absolute atomic E-state index is 10.6. The van der Waals surface area contributed by atoms with Crippen LogP contribution in [0.5, 0.6) is 0 Å². The van der Waals surface area contributed by atoms with Gasteiger partial charge in [0, 0.05) is 16.5 Å². The lowest BCUT2D eigenvalue weighted by Gasteiger charge is -1.96. The molecule has 1 rings (SSSR count). The fraction of sp³-hybridized carbons (Fsp3) is 0.111. The summed E-state index contributed by atoms with van der Waals surface area (Å²) in [5.41, 5.74) is 13.8. The molecule has 0 aliphatic carbocycles. The number of nitrogen functional groups attached to an aromatic ring is 1. The average molecular weight is 217 g/mol. The quantitative estimate of drug-likeness (QED) is 0.155. The number of hydrogen-bond donors (Lipinski definition) is 1. The van der Waals surface area contributed by atoms with Crippen molar-refractivity contribution in [2.24, 2.45) is 5.11 Å². The number of nitro benzene ring substituents is 1. The van der Waals surface area contributed by atoms with Crippen LogP contribution < -0.4 is 5.73 Å². The Morgan fingerprint density at radius 1 is 1.62 bits per heavy atom. The first-order chi connectivity index (χ1) is 7.65. The molecule has 0 fully saturated rings. The predicted octanol–water partition coefficient (Wildman–Crippen LogP) is 1.84. The van der Waals surface area contributed by atoms with Crippen molar-refractivity contribution >= 4 is 11.4 Å². The van der Waals surface area contributed by atoms with Crippen molar-refractivity contribution in [3.05, 3.63) is 44.3 Å². The molecular formula is C9H7N5O2. The van der Waals surface area contributed by atoms with Gasteiger partial charge in [0.1, 0.15) is 5.69 Å². The minimum absolute atomic E-state index is 0.0225. The fourth-order valence-electron chi connectivity index (χ4n) is 0.988. The first-order valence-electron chi connectivity index (χ1n) is 4.19. The highest BCUT2D eigenvalue weighted by Gasteiger charge is 2.10. The molecule has 1 aromatic carbocycles. The van der Waals surface area contributed by atoms with E-state index in [9.17, 15) is 10.1 Å². The smallest absolute Gasteiger partial charge is 0.293 e. The molecule has 0 heterocycles. The van der Waals surface area contributed by atoms with E-state index in [1.807, 2.05) is 0 Å². The first-order valence-corrected chi connectivity index (χ1v) is 4.19. The summed E-state index contributed by atoms with van der Waals surface area (Å²) in [7, 11) is 0. The molecule has 7 heteroatoms. The molecule has 0 amide bonds. The van der Waals surface area contributed by atoms with Crippen LogP contribution in [0.2, 0.25) is 0 Å². The Kier molecular flexibility index (Phi) is 3.72. The second kappa shape index (κ2) is 5.24. The Morgan fingerprint density at radius 2 is 2.38 bits per heavy atom. The minimum Gasteiger partial charge on any atom is -0.393 e. The van der Waals surface area contributed by atoms with E-state index >= 15 is 0 Å². The van der Waals surface area contributed by atoms with Gasteiger partial charge in [-0.25, -0.2) is 0 Å². The molecular weight excluding hydrogens is 210 g/mol. The summed E-state index contributed by atoms with van der Waals surface area (Å²) in [5.74, 6) is 5.18. The van der Waals surface area contributed by atoms with Crippen molar-refractivity contribution in [2.75, 3.05) is 12.3 Å². The van der Waals surface area contributed by atoms with Crippen LogP contribution in [0.1, 0.15) is 5.56 Å². The molecule has 0 spiro atoms. The molecule has 0 radical (unpaired) electrons. The van der Waals surface area contributed by atoms with Crippen LogP contribution in [0.15, 0.2) is 23.3 Å². The molecule has 0 saturated heterocycles.